The molecular formula is C22H27N5O2. The molecule has 0 spiro atoms. The van der Waals surface area contributed by atoms with E-state index in [0.29, 0.717) is 25.3 Å². The molecule has 0 unspecified atom stereocenters. The van der Waals surface area contributed by atoms with Crippen LogP contribution in [0.4, 0.5) is 5.69 Å². The van der Waals surface area contributed by atoms with Crippen molar-refractivity contribution in [1.82, 2.24) is 19.7 Å². The first kappa shape index (κ1) is 19.2. The van der Waals surface area contributed by atoms with Gasteiger partial charge in [0.2, 0.25) is 5.91 Å². The summed E-state index contributed by atoms with van der Waals surface area (Å²) in [5.74, 6) is 1.66. The molecule has 7 nitrogen and oxygen atoms in total. The second-order valence-electron chi connectivity index (χ2n) is 7.40. The quantitative estimate of drug-likeness (QED) is 0.782. The van der Waals surface area contributed by atoms with E-state index in [1.54, 1.807) is 18.1 Å². The number of hydrogen-bond donors (Lipinski definition) is 0. The van der Waals surface area contributed by atoms with Crippen molar-refractivity contribution in [3.63, 3.8) is 0 Å². The van der Waals surface area contributed by atoms with Crippen LogP contribution in [0.3, 0.4) is 0 Å². The molecule has 1 aromatic heterocycles. The maximum Gasteiger partial charge on any atom is 0.224 e. The van der Waals surface area contributed by atoms with Gasteiger partial charge < -0.3 is 14.5 Å². The highest BCUT2D eigenvalue weighted by Crippen LogP contribution is 2.29. The first-order valence-electron chi connectivity index (χ1n) is 10.1. The highest BCUT2D eigenvalue weighted by molar-refractivity contribution is 5.78. The Kier molecular flexibility index (Phi) is 5.64. The van der Waals surface area contributed by atoms with Gasteiger partial charge in [-0.25, -0.2) is 9.67 Å². The number of rotatable bonds is 5. The molecule has 2 aromatic rings. The summed E-state index contributed by atoms with van der Waals surface area (Å²) < 4.78 is 7.33. The summed E-state index contributed by atoms with van der Waals surface area (Å²) >= 11 is 0. The minimum atomic E-state index is 0.217. The topological polar surface area (TPSA) is 63.5 Å². The maximum absolute atomic E-state index is 12.6. The fourth-order valence-corrected chi connectivity index (χ4v) is 3.81. The van der Waals surface area contributed by atoms with Gasteiger partial charge in [0.15, 0.2) is 0 Å². The van der Waals surface area contributed by atoms with Crippen molar-refractivity contribution in [3.8, 4) is 11.4 Å². The summed E-state index contributed by atoms with van der Waals surface area (Å²) in [6.45, 7) is 4.78. The van der Waals surface area contributed by atoms with Gasteiger partial charge in [-0.15, -0.1) is 0 Å². The molecule has 4 rings (SSSR count). The van der Waals surface area contributed by atoms with E-state index in [9.17, 15) is 4.79 Å². The van der Waals surface area contributed by atoms with E-state index in [1.165, 1.54) is 5.57 Å². The van der Waals surface area contributed by atoms with Crippen LogP contribution in [0.2, 0.25) is 0 Å². The normalized spacial score (nSPS) is 17.3. The van der Waals surface area contributed by atoms with E-state index in [0.717, 1.165) is 43.1 Å². The molecule has 1 aromatic carbocycles. The largest absolute Gasteiger partial charge is 0.494 e. The first-order valence-corrected chi connectivity index (χ1v) is 10.1. The van der Waals surface area contributed by atoms with Crippen molar-refractivity contribution in [3.05, 3.63) is 54.2 Å². The second kappa shape index (κ2) is 8.51. The Morgan fingerprint density at radius 1 is 1.17 bits per heavy atom. The highest BCUT2D eigenvalue weighted by atomic mass is 16.5. The van der Waals surface area contributed by atoms with Crippen molar-refractivity contribution < 1.29 is 9.53 Å². The SMILES string of the molecule is COc1cc(N2CCC(=O)N(CC3=CCCC=C3)CC2)ccc1-n1cnc(C)n1. The lowest BCUT2D eigenvalue weighted by Crippen LogP contribution is -2.34. The Morgan fingerprint density at radius 3 is 2.79 bits per heavy atom. The van der Waals surface area contributed by atoms with E-state index >= 15 is 0 Å². The lowest BCUT2D eigenvalue weighted by molar-refractivity contribution is -0.129. The van der Waals surface area contributed by atoms with Gasteiger partial charge in [0.05, 0.1) is 7.11 Å². The van der Waals surface area contributed by atoms with Crippen LogP contribution in [0.5, 0.6) is 5.75 Å². The molecule has 0 radical (unpaired) electrons. The van der Waals surface area contributed by atoms with Gasteiger partial charge in [-0.05, 0) is 37.5 Å². The number of aromatic nitrogens is 3. The summed E-state index contributed by atoms with van der Waals surface area (Å²) in [5.41, 5.74) is 3.14. The third-order valence-electron chi connectivity index (χ3n) is 5.42. The molecule has 1 aliphatic heterocycles. The van der Waals surface area contributed by atoms with Gasteiger partial charge in [-0.2, -0.15) is 5.10 Å². The van der Waals surface area contributed by atoms with Crippen LogP contribution in [0.15, 0.2) is 48.3 Å². The second-order valence-corrected chi connectivity index (χ2v) is 7.40. The monoisotopic (exact) mass is 393 g/mol. The van der Waals surface area contributed by atoms with Crippen LogP contribution < -0.4 is 9.64 Å². The molecule has 0 atom stereocenters. The van der Waals surface area contributed by atoms with Crippen molar-refractivity contribution in [2.45, 2.75) is 26.2 Å². The predicted molar refractivity (Wildman–Crippen MR) is 113 cm³/mol. The van der Waals surface area contributed by atoms with E-state index in [4.69, 9.17) is 4.74 Å². The number of methoxy groups -OCH3 is 1. The molecule has 0 saturated carbocycles. The third-order valence-corrected chi connectivity index (χ3v) is 5.42. The van der Waals surface area contributed by atoms with Crippen molar-refractivity contribution in [2.75, 3.05) is 38.2 Å². The predicted octanol–water partition coefficient (Wildman–Crippen LogP) is 2.90. The van der Waals surface area contributed by atoms with Gasteiger partial charge in [-0.3, -0.25) is 4.79 Å². The number of benzene rings is 1. The number of amides is 1. The maximum atomic E-state index is 12.6. The zero-order chi connectivity index (χ0) is 20.2. The summed E-state index contributed by atoms with van der Waals surface area (Å²) in [4.78, 5) is 21.1. The van der Waals surface area contributed by atoms with Gasteiger partial charge in [-0.1, -0.05) is 18.2 Å². The number of nitrogens with zero attached hydrogens (tertiary/aromatic N) is 5. The van der Waals surface area contributed by atoms with Crippen molar-refractivity contribution in [1.29, 1.82) is 0 Å². The number of ether oxygens (including phenoxy) is 1. The Bertz CT molecular complexity index is 946. The van der Waals surface area contributed by atoms with Crippen LogP contribution >= 0.6 is 0 Å². The van der Waals surface area contributed by atoms with Crippen LogP contribution in [0.25, 0.3) is 5.69 Å². The number of carbonyl (C=O) groups excluding carboxylic acids is 1. The summed E-state index contributed by atoms with van der Waals surface area (Å²) in [6.07, 6.45) is 10.9. The molecule has 1 amide bonds. The molecule has 2 aliphatic rings. The van der Waals surface area contributed by atoms with Crippen LogP contribution in [-0.2, 0) is 4.79 Å². The number of hydrogen-bond acceptors (Lipinski definition) is 5. The molecule has 1 saturated heterocycles. The Hall–Kier alpha value is -3.09. The van der Waals surface area contributed by atoms with Crippen LogP contribution in [0.1, 0.15) is 25.1 Å². The third kappa shape index (κ3) is 4.34. The van der Waals surface area contributed by atoms with E-state index in [2.05, 4.69) is 39.3 Å². The fraction of sp³-hybridized carbons (Fsp3) is 0.409. The Labute approximate surface area is 171 Å². The van der Waals surface area contributed by atoms with E-state index in [-0.39, 0.29) is 5.91 Å². The molecule has 0 bridgehead atoms. The lowest BCUT2D eigenvalue weighted by atomic mass is 10.1. The number of allylic oxidation sites excluding steroid dienone is 2. The molecule has 1 fully saturated rings. The summed E-state index contributed by atoms with van der Waals surface area (Å²) in [7, 11) is 1.66. The Morgan fingerprint density at radius 2 is 2.07 bits per heavy atom. The molecule has 152 valence electrons. The molecular weight excluding hydrogens is 366 g/mol. The lowest BCUT2D eigenvalue weighted by Gasteiger charge is -2.25. The van der Waals surface area contributed by atoms with Gasteiger partial charge in [0.25, 0.3) is 0 Å². The molecule has 0 N–H and O–H groups in total. The van der Waals surface area contributed by atoms with Crippen LogP contribution in [-0.4, -0.2) is 58.9 Å². The standard InChI is InChI=1S/C22H27N5O2/c1-17-23-16-27(24-17)20-9-8-19(14-21(20)29-2)25-11-10-22(28)26(13-12-25)15-18-6-4-3-5-7-18/h4,6-9,14,16H,3,5,10-13,15H2,1-2H3. The smallest absolute Gasteiger partial charge is 0.224 e. The number of carbonyl (C=O) groups is 1. The minimum absolute atomic E-state index is 0.217. The molecule has 7 heteroatoms. The average Bonchev–Trinajstić information content (AvgIpc) is 3.10. The van der Waals surface area contributed by atoms with Crippen molar-refractivity contribution >= 4 is 11.6 Å². The minimum Gasteiger partial charge on any atom is -0.494 e. The molecule has 2 heterocycles. The number of anilines is 1. The van der Waals surface area contributed by atoms with Gasteiger partial charge >= 0.3 is 0 Å². The number of aryl methyl sites for hydroxylation is 1. The van der Waals surface area contributed by atoms with Crippen molar-refractivity contribution in [2.24, 2.45) is 0 Å². The Balaban J connectivity index is 1.49. The fourth-order valence-electron chi connectivity index (χ4n) is 3.81. The zero-order valence-corrected chi connectivity index (χ0v) is 17.0. The first-order chi connectivity index (χ1) is 14.1. The van der Waals surface area contributed by atoms with Crippen LogP contribution in [0, 0.1) is 6.92 Å². The van der Waals surface area contributed by atoms with E-state index < -0.39 is 0 Å². The summed E-state index contributed by atoms with van der Waals surface area (Å²) in [5, 5.41) is 4.37. The highest BCUT2D eigenvalue weighted by Gasteiger charge is 2.22. The summed E-state index contributed by atoms with van der Waals surface area (Å²) in [6, 6.07) is 6.06. The van der Waals surface area contributed by atoms with E-state index in [1.807, 2.05) is 24.0 Å². The zero-order valence-electron chi connectivity index (χ0n) is 17.0. The molecule has 29 heavy (non-hydrogen) atoms. The molecule has 1 aliphatic carbocycles. The van der Waals surface area contributed by atoms with Gasteiger partial charge in [0.1, 0.15) is 23.6 Å². The average molecular weight is 393 g/mol. The van der Waals surface area contributed by atoms with Gasteiger partial charge in [0, 0.05) is 44.4 Å².